The molecule has 4 rings (SSSR count). The van der Waals surface area contributed by atoms with Gasteiger partial charge in [-0.3, -0.25) is 9.48 Å². The average Bonchev–Trinajstić information content (AvgIpc) is 3.22. The number of carbonyl (C=O) groups excluding carboxylic acids is 1. The molecule has 0 radical (unpaired) electrons. The maximum absolute atomic E-state index is 12.7. The molecule has 5 nitrogen and oxygen atoms in total. The van der Waals surface area contributed by atoms with Crippen molar-refractivity contribution in [2.24, 2.45) is 0 Å². The molecule has 31 heavy (non-hydrogen) atoms. The fourth-order valence-corrected chi connectivity index (χ4v) is 3.34. The van der Waals surface area contributed by atoms with Gasteiger partial charge in [0.1, 0.15) is 12.4 Å². The Kier molecular flexibility index (Phi) is 6.55. The van der Waals surface area contributed by atoms with Crippen LogP contribution in [0, 0.1) is 0 Å². The molecule has 0 spiro atoms. The van der Waals surface area contributed by atoms with Gasteiger partial charge in [-0.2, -0.15) is 5.10 Å². The van der Waals surface area contributed by atoms with Crippen molar-refractivity contribution in [3.63, 3.8) is 0 Å². The minimum atomic E-state index is -0.217. The standard InChI is InChI=1S/C24H19Cl2N3O2/c25-20-8-10-22(11-9-20)31-16-17-4-3-6-18(12-17)24(30)28-21-13-27-29(15-21)14-19-5-1-2-7-23(19)26/h1-13,15H,14,16H2,(H,28,30). The predicted molar refractivity (Wildman–Crippen MR) is 123 cm³/mol. The molecule has 0 unspecified atom stereocenters. The van der Waals surface area contributed by atoms with Gasteiger partial charge in [0.15, 0.2) is 0 Å². The zero-order chi connectivity index (χ0) is 21.6. The van der Waals surface area contributed by atoms with E-state index in [1.54, 1.807) is 53.5 Å². The average molecular weight is 452 g/mol. The molecule has 7 heteroatoms. The van der Waals surface area contributed by atoms with Crippen LogP contribution in [0.15, 0.2) is 85.2 Å². The van der Waals surface area contributed by atoms with Gasteiger partial charge in [0.2, 0.25) is 0 Å². The highest BCUT2D eigenvalue weighted by Gasteiger charge is 2.09. The predicted octanol–water partition coefficient (Wildman–Crippen LogP) is 6.07. The summed E-state index contributed by atoms with van der Waals surface area (Å²) < 4.78 is 7.48. The van der Waals surface area contributed by atoms with Gasteiger partial charge in [-0.05, 0) is 53.6 Å². The molecule has 0 aliphatic rings. The van der Waals surface area contributed by atoms with Crippen molar-refractivity contribution in [2.75, 3.05) is 5.32 Å². The summed E-state index contributed by atoms with van der Waals surface area (Å²) >= 11 is 12.1. The summed E-state index contributed by atoms with van der Waals surface area (Å²) in [5.74, 6) is 0.496. The first-order valence-corrected chi connectivity index (χ1v) is 10.4. The third kappa shape index (κ3) is 5.66. The highest BCUT2D eigenvalue weighted by atomic mass is 35.5. The van der Waals surface area contributed by atoms with Crippen molar-refractivity contribution in [1.82, 2.24) is 9.78 Å². The zero-order valence-corrected chi connectivity index (χ0v) is 18.0. The molecule has 0 bridgehead atoms. The molecule has 1 N–H and O–H groups in total. The van der Waals surface area contributed by atoms with E-state index in [4.69, 9.17) is 27.9 Å². The van der Waals surface area contributed by atoms with Crippen LogP contribution in [0.4, 0.5) is 5.69 Å². The number of rotatable bonds is 7. The van der Waals surface area contributed by atoms with Crippen LogP contribution in [0.25, 0.3) is 0 Å². The Morgan fingerprint density at radius 3 is 2.61 bits per heavy atom. The van der Waals surface area contributed by atoms with Gasteiger partial charge in [-0.1, -0.05) is 53.5 Å². The molecular weight excluding hydrogens is 433 g/mol. The highest BCUT2D eigenvalue weighted by molar-refractivity contribution is 6.31. The van der Waals surface area contributed by atoms with Crippen LogP contribution in [0.5, 0.6) is 5.75 Å². The van der Waals surface area contributed by atoms with Crippen LogP contribution < -0.4 is 10.1 Å². The second kappa shape index (κ2) is 9.69. The third-order valence-electron chi connectivity index (χ3n) is 4.59. The second-order valence-corrected chi connectivity index (χ2v) is 7.76. The number of nitrogens with one attached hydrogen (secondary N) is 1. The van der Waals surface area contributed by atoms with Gasteiger partial charge in [0.05, 0.1) is 18.4 Å². The highest BCUT2D eigenvalue weighted by Crippen LogP contribution is 2.19. The van der Waals surface area contributed by atoms with Crippen molar-refractivity contribution >= 4 is 34.8 Å². The van der Waals surface area contributed by atoms with Crippen molar-refractivity contribution < 1.29 is 9.53 Å². The van der Waals surface area contributed by atoms with Crippen molar-refractivity contribution in [3.05, 3.63) is 112 Å². The number of halogens is 2. The van der Waals surface area contributed by atoms with Gasteiger partial charge in [-0.25, -0.2) is 0 Å². The van der Waals surface area contributed by atoms with Crippen molar-refractivity contribution in [1.29, 1.82) is 0 Å². The minimum Gasteiger partial charge on any atom is -0.489 e. The summed E-state index contributed by atoms with van der Waals surface area (Å²) in [6, 6.07) is 22.1. The van der Waals surface area contributed by atoms with E-state index in [1.807, 2.05) is 36.4 Å². The quantitative estimate of drug-likeness (QED) is 0.370. The van der Waals surface area contributed by atoms with Crippen molar-refractivity contribution in [2.45, 2.75) is 13.2 Å². The number of nitrogens with zero attached hydrogens (tertiary/aromatic N) is 2. The molecule has 1 heterocycles. The van der Waals surface area contributed by atoms with Gasteiger partial charge in [0.25, 0.3) is 5.91 Å². The zero-order valence-electron chi connectivity index (χ0n) is 16.5. The van der Waals surface area contributed by atoms with E-state index in [2.05, 4.69) is 10.4 Å². The van der Waals surface area contributed by atoms with Crippen LogP contribution in [-0.4, -0.2) is 15.7 Å². The summed E-state index contributed by atoms with van der Waals surface area (Å²) in [6.45, 7) is 0.867. The SMILES string of the molecule is O=C(Nc1cnn(Cc2ccccc2Cl)c1)c1cccc(COc2ccc(Cl)cc2)c1. The van der Waals surface area contributed by atoms with Gasteiger partial charge in [0, 0.05) is 21.8 Å². The van der Waals surface area contributed by atoms with E-state index in [-0.39, 0.29) is 5.91 Å². The van der Waals surface area contributed by atoms with Crippen molar-refractivity contribution in [3.8, 4) is 5.75 Å². The molecule has 0 aliphatic carbocycles. The lowest BCUT2D eigenvalue weighted by Gasteiger charge is -2.08. The van der Waals surface area contributed by atoms with E-state index in [0.29, 0.717) is 40.2 Å². The molecule has 0 saturated carbocycles. The Morgan fingerprint density at radius 2 is 1.81 bits per heavy atom. The van der Waals surface area contributed by atoms with E-state index >= 15 is 0 Å². The fraction of sp³-hybridized carbons (Fsp3) is 0.0833. The minimum absolute atomic E-state index is 0.217. The fourth-order valence-electron chi connectivity index (χ4n) is 3.02. The Labute approximate surface area is 190 Å². The second-order valence-electron chi connectivity index (χ2n) is 6.92. The number of anilines is 1. The first kappa shape index (κ1) is 21.0. The molecule has 0 atom stereocenters. The van der Waals surface area contributed by atoms with Crippen LogP contribution in [0.1, 0.15) is 21.5 Å². The molecule has 4 aromatic rings. The Balaban J connectivity index is 1.37. The molecule has 0 saturated heterocycles. The number of benzene rings is 3. The molecule has 1 amide bonds. The summed E-state index contributed by atoms with van der Waals surface area (Å²) in [4.78, 5) is 12.7. The lowest BCUT2D eigenvalue weighted by molar-refractivity contribution is 0.102. The topological polar surface area (TPSA) is 56.2 Å². The van der Waals surface area contributed by atoms with E-state index in [1.165, 1.54) is 0 Å². The summed E-state index contributed by atoms with van der Waals surface area (Å²) in [5, 5.41) is 8.51. The largest absolute Gasteiger partial charge is 0.489 e. The number of ether oxygens (including phenoxy) is 1. The molecular formula is C24H19Cl2N3O2. The Bertz CT molecular complexity index is 1190. The number of aromatic nitrogens is 2. The Hall–Kier alpha value is -3.28. The first-order chi connectivity index (χ1) is 15.1. The number of hydrogen-bond acceptors (Lipinski definition) is 3. The lowest BCUT2D eigenvalue weighted by atomic mass is 10.1. The van der Waals surface area contributed by atoms with E-state index < -0.39 is 0 Å². The van der Waals surface area contributed by atoms with Gasteiger partial charge in [-0.15, -0.1) is 0 Å². The van der Waals surface area contributed by atoms with Crippen LogP contribution in [-0.2, 0) is 13.2 Å². The Morgan fingerprint density at radius 1 is 1.00 bits per heavy atom. The number of hydrogen-bond donors (Lipinski definition) is 1. The molecule has 0 fully saturated rings. The number of carbonyl (C=O) groups is 1. The van der Waals surface area contributed by atoms with Crippen LogP contribution in [0.3, 0.4) is 0 Å². The maximum atomic E-state index is 12.7. The van der Waals surface area contributed by atoms with Gasteiger partial charge < -0.3 is 10.1 Å². The number of amides is 1. The summed E-state index contributed by atoms with van der Waals surface area (Å²) in [7, 11) is 0. The smallest absolute Gasteiger partial charge is 0.255 e. The summed E-state index contributed by atoms with van der Waals surface area (Å²) in [6.07, 6.45) is 3.39. The molecule has 1 aromatic heterocycles. The van der Waals surface area contributed by atoms with E-state index in [9.17, 15) is 4.79 Å². The first-order valence-electron chi connectivity index (χ1n) is 9.61. The van der Waals surface area contributed by atoms with Crippen LogP contribution in [0.2, 0.25) is 10.0 Å². The van der Waals surface area contributed by atoms with E-state index in [0.717, 1.165) is 11.1 Å². The summed E-state index contributed by atoms with van der Waals surface area (Å²) in [5.41, 5.74) is 2.99. The normalized spacial score (nSPS) is 10.6. The third-order valence-corrected chi connectivity index (χ3v) is 5.21. The monoisotopic (exact) mass is 451 g/mol. The van der Waals surface area contributed by atoms with Gasteiger partial charge >= 0.3 is 0 Å². The maximum Gasteiger partial charge on any atom is 0.255 e. The lowest BCUT2D eigenvalue weighted by Crippen LogP contribution is -2.12. The van der Waals surface area contributed by atoms with Crippen LogP contribution >= 0.6 is 23.2 Å². The molecule has 156 valence electrons. The molecule has 3 aromatic carbocycles. The molecule has 0 aliphatic heterocycles.